The van der Waals surface area contributed by atoms with Gasteiger partial charge in [0.15, 0.2) is 0 Å². The van der Waals surface area contributed by atoms with Crippen LogP contribution in [0.25, 0.3) is 0 Å². The molecule has 1 aromatic rings. The zero-order chi connectivity index (χ0) is 14.8. The Morgan fingerprint density at radius 3 is 2.15 bits per heavy atom. The summed E-state index contributed by atoms with van der Waals surface area (Å²) in [4.78, 5) is 25.3. The Kier molecular flexibility index (Phi) is 4.12. The molecule has 4 nitrogen and oxygen atoms in total. The molecule has 1 heterocycles. The van der Waals surface area contributed by atoms with Crippen LogP contribution in [0.5, 0.6) is 0 Å². The van der Waals surface area contributed by atoms with Gasteiger partial charge in [-0.2, -0.15) is 0 Å². The molecule has 0 spiro atoms. The number of ketones is 1. The number of hydrogen-bond acceptors (Lipinski definition) is 4. The van der Waals surface area contributed by atoms with E-state index in [1.54, 1.807) is 12.1 Å². The third kappa shape index (κ3) is 3.83. The van der Waals surface area contributed by atoms with Gasteiger partial charge < -0.3 is 9.64 Å². The van der Waals surface area contributed by atoms with Gasteiger partial charge >= 0.3 is 5.97 Å². The minimum Gasteiger partial charge on any atom is -0.456 e. The van der Waals surface area contributed by atoms with Gasteiger partial charge in [0.2, 0.25) is 0 Å². The summed E-state index contributed by atoms with van der Waals surface area (Å²) in [6, 6.07) is 7.38. The number of carbonyl (C=O) groups excluding carboxylic acids is 2. The van der Waals surface area contributed by atoms with Crippen LogP contribution in [0.3, 0.4) is 0 Å². The smallest absolute Gasteiger partial charge is 0.338 e. The van der Waals surface area contributed by atoms with Crippen molar-refractivity contribution in [2.75, 3.05) is 18.0 Å². The minimum atomic E-state index is -0.483. The molecule has 108 valence electrons. The highest BCUT2D eigenvalue weighted by molar-refractivity contribution is 5.90. The lowest BCUT2D eigenvalue weighted by molar-refractivity contribution is -0.119. The zero-order valence-electron chi connectivity index (χ0n) is 12.3. The van der Waals surface area contributed by atoms with Crippen LogP contribution < -0.4 is 4.90 Å². The topological polar surface area (TPSA) is 46.6 Å². The summed E-state index contributed by atoms with van der Waals surface area (Å²) in [5, 5.41) is 0. The average Bonchev–Trinajstić information content (AvgIpc) is 2.38. The zero-order valence-corrected chi connectivity index (χ0v) is 12.3. The molecule has 1 saturated heterocycles. The third-order valence-electron chi connectivity index (χ3n) is 3.19. The Morgan fingerprint density at radius 1 is 1.10 bits per heavy atom. The van der Waals surface area contributed by atoms with Gasteiger partial charge in [0.1, 0.15) is 11.4 Å². The van der Waals surface area contributed by atoms with E-state index in [2.05, 4.69) is 4.90 Å². The number of ether oxygens (including phenoxy) is 1. The molecule has 1 aliphatic rings. The number of Topliss-reactive ketones (excluding diaryl/α,β-unsaturated/α-hetero) is 1. The molecule has 0 amide bonds. The van der Waals surface area contributed by atoms with Crippen LogP contribution in [-0.2, 0) is 9.53 Å². The molecular formula is C16H21NO3. The van der Waals surface area contributed by atoms with Gasteiger partial charge in [-0.25, -0.2) is 4.79 Å². The SMILES string of the molecule is CC(C)(C)OC(=O)c1ccc(N2CCC(=O)CC2)cc1. The van der Waals surface area contributed by atoms with E-state index in [0.717, 1.165) is 18.8 Å². The Labute approximate surface area is 119 Å². The number of piperidine rings is 1. The molecule has 0 atom stereocenters. The van der Waals surface area contributed by atoms with E-state index in [4.69, 9.17) is 4.74 Å². The first kappa shape index (κ1) is 14.6. The lowest BCUT2D eigenvalue weighted by Crippen LogP contribution is -2.33. The Hall–Kier alpha value is -1.84. The Morgan fingerprint density at radius 2 is 1.65 bits per heavy atom. The maximum atomic E-state index is 11.9. The molecule has 1 fully saturated rings. The van der Waals surface area contributed by atoms with Crippen molar-refractivity contribution in [3.05, 3.63) is 29.8 Å². The predicted octanol–water partition coefficient (Wildman–Crippen LogP) is 2.81. The molecule has 0 radical (unpaired) electrons. The number of rotatable bonds is 2. The molecule has 2 rings (SSSR count). The van der Waals surface area contributed by atoms with Crippen molar-refractivity contribution in [3.63, 3.8) is 0 Å². The van der Waals surface area contributed by atoms with Gasteiger partial charge in [-0.15, -0.1) is 0 Å². The van der Waals surface area contributed by atoms with E-state index in [9.17, 15) is 9.59 Å². The van der Waals surface area contributed by atoms with Crippen LogP contribution >= 0.6 is 0 Å². The van der Waals surface area contributed by atoms with E-state index in [-0.39, 0.29) is 5.97 Å². The third-order valence-corrected chi connectivity index (χ3v) is 3.19. The van der Waals surface area contributed by atoms with Gasteiger partial charge in [-0.1, -0.05) is 0 Å². The molecule has 0 unspecified atom stereocenters. The van der Waals surface area contributed by atoms with Gasteiger partial charge in [-0.3, -0.25) is 4.79 Å². The normalized spacial score (nSPS) is 16.1. The molecule has 0 saturated carbocycles. The molecule has 0 aliphatic carbocycles. The highest BCUT2D eigenvalue weighted by Crippen LogP contribution is 2.20. The first-order valence-corrected chi connectivity index (χ1v) is 6.95. The van der Waals surface area contributed by atoms with Crippen molar-refractivity contribution in [1.82, 2.24) is 0 Å². The molecular weight excluding hydrogens is 254 g/mol. The quantitative estimate of drug-likeness (QED) is 0.779. The Balaban J connectivity index is 2.03. The average molecular weight is 275 g/mol. The first-order valence-electron chi connectivity index (χ1n) is 6.95. The van der Waals surface area contributed by atoms with Gasteiger partial charge in [-0.05, 0) is 45.0 Å². The summed E-state index contributed by atoms with van der Waals surface area (Å²) in [6.07, 6.45) is 1.21. The minimum absolute atomic E-state index is 0.308. The van der Waals surface area contributed by atoms with E-state index in [0.29, 0.717) is 24.2 Å². The maximum Gasteiger partial charge on any atom is 0.338 e. The van der Waals surface area contributed by atoms with E-state index in [1.165, 1.54) is 0 Å². The highest BCUT2D eigenvalue weighted by atomic mass is 16.6. The fourth-order valence-electron chi connectivity index (χ4n) is 2.16. The van der Waals surface area contributed by atoms with E-state index < -0.39 is 5.60 Å². The monoisotopic (exact) mass is 275 g/mol. The second-order valence-corrected chi connectivity index (χ2v) is 6.07. The summed E-state index contributed by atoms with van der Waals surface area (Å²) in [5.74, 6) is 0.0181. The van der Waals surface area contributed by atoms with Crippen molar-refractivity contribution < 1.29 is 14.3 Å². The highest BCUT2D eigenvalue weighted by Gasteiger charge is 2.19. The Bertz CT molecular complexity index is 489. The molecule has 0 bridgehead atoms. The van der Waals surface area contributed by atoms with Gasteiger partial charge in [0.05, 0.1) is 5.56 Å². The van der Waals surface area contributed by atoms with Gasteiger partial charge in [0.25, 0.3) is 0 Å². The number of esters is 1. The number of anilines is 1. The van der Waals surface area contributed by atoms with Crippen molar-refractivity contribution in [1.29, 1.82) is 0 Å². The van der Waals surface area contributed by atoms with E-state index in [1.807, 2.05) is 32.9 Å². The lowest BCUT2D eigenvalue weighted by atomic mass is 10.1. The van der Waals surface area contributed by atoms with Crippen LogP contribution in [0.15, 0.2) is 24.3 Å². The molecule has 20 heavy (non-hydrogen) atoms. The summed E-state index contributed by atoms with van der Waals surface area (Å²) < 4.78 is 5.33. The molecule has 4 heteroatoms. The molecule has 1 aromatic carbocycles. The summed E-state index contributed by atoms with van der Waals surface area (Å²) in [5.41, 5.74) is 1.12. The number of nitrogens with zero attached hydrogens (tertiary/aromatic N) is 1. The number of hydrogen-bond donors (Lipinski definition) is 0. The number of benzene rings is 1. The molecule has 0 N–H and O–H groups in total. The summed E-state index contributed by atoms with van der Waals surface area (Å²) in [7, 11) is 0. The lowest BCUT2D eigenvalue weighted by Gasteiger charge is -2.28. The number of carbonyl (C=O) groups is 2. The fraction of sp³-hybridized carbons (Fsp3) is 0.500. The fourth-order valence-corrected chi connectivity index (χ4v) is 2.16. The largest absolute Gasteiger partial charge is 0.456 e. The first-order chi connectivity index (χ1) is 9.35. The summed E-state index contributed by atoms with van der Waals surface area (Å²) >= 11 is 0. The second kappa shape index (κ2) is 5.65. The van der Waals surface area contributed by atoms with Gasteiger partial charge in [0, 0.05) is 31.6 Å². The molecule has 0 aromatic heterocycles. The maximum absolute atomic E-state index is 11.9. The van der Waals surface area contributed by atoms with Crippen molar-refractivity contribution >= 4 is 17.4 Å². The van der Waals surface area contributed by atoms with Crippen LogP contribution in [0.1, 0.15) is 44.0 Å². The standard InChI is InChI=1S/C16H21NO3/c1-16(2,3)20-15(19)12-4-6-13(7-5-12)17-10-8-14(18)9-11-17/h4-7H,8-11H2,1-3H3. The van der Waals surface area contributed by atoms with Crippen molar-refractivity contribution in [2.45, 2.75) is 39.2 Å². The van der Waals surface area contributed by atoms with Crippen molar-refractivity contribution in [2.24, 2.45) is 0 Å². The second-order valence-electron chi connectivity index (χ2n) is 6.07. The van der Waals surface area contributed by atoms with Crippen LogP contribution in [0, 0.1) is 0 Å². The van der Waals surface area contributed by atoms with Crippen LogP contribution in [0.4, 0.5) is 5.69 Å². The van der Waals surface area contributed by atoms with E-state index >= 15 is 0 Å². The molecule has 1 aliphatic heterocycles. The van der Waals surface area contributed by atoms with Crippen LogP contribution in [-0.4, -0.2) is 30.4 Å². The van der Waals surface area contributed by atoms with Crippen LogP contribution in [0.2, 0.25) is 0 Å². The predicted molar refractivity (Wildman–Crippen MR) is 78.1 cm³/mol. The van der Waals surface area contributed by atoms with Crippen molar-refractivity contribution in [3.8, 4) is 0 Å². The summed E-state index contributed by atoms with van der Waals surface area (Å²) in [6.45, 7) is 7.06.